The molecule has 9 heteroatoms. The number of aromatic nitrogens is 1. The summed E-state index contributed by atoms with van der Waals surface area (Å²) in [5, 5.41) is 9.04. The minimum absolute atomic E-state index is 0.0856. The van der Waals surface area contributed by atoms with Crippen LogP contribution in [-0.2, 0) is 16.2 Å². The van der Waals surface area contributed by atoms with Gasteiger partial charge in [-0.25, -0.2) is 13.1 Å². The van der Waals surface area contributed by atoms with Crippen molar-refractivity contribution < 1.29 is 26.7 Å². The Hall–Kier alpha value is -1.19. The maximum atomic E-state index is 12.4. The lowest BCUT2D eigenvalue weighted by atomic mass is 9.87. The second-order valence-electron chi connectivity index (χ2n) is 5.40. The topological polar surface area (TPSA) is 79.3 Å². The van der Waals surface area contributed by atoms with Gasteiger partial charge in [-0.3, -0.25) is 4.98 Å². The molecule has 0 radical (unpaired) electrons. The van der Waals surface area contributed by atoms with E-state index in [0.717, 1.165) is 18.9 Å². The molecule has 1 heterocycles. The van der Waals surface area contributed by atoms with E-state index in [4.69, 9.17) is 5.11 Å². The summed E-state index contributed by atoms with van der Waals surface area (Å²) in [4.78, 5) is 2.87. The van der Waals surface area contributed by atoms with Crippen LogP contribution in [0.25, 0.3) is 0 Å². The van der Waals surface area contributed by atoms with Gasteiger partial charge in [-0.1, -0.05) is 0 Å². The van der Waals surface area contributed by atoms with E-state index in [-0.39, 0.29) is 23.5 Å². The number of aliphatic hydroxyl groups excluding tert-OH is 1. The van der Waals surface area contributed by atoms with E-state index in [2.05, 4.69) is 9.71 Å². The zero-order valence-electron chi connectivity index (χ0n) is 11.7. The Kier molecular flexibility index (Phi) is 5.08. The molecule has 1 fully saturated rings. The van der Waals surface area contributed by atoms with Crippen LogP contribution in [0, 0.1) is 5.92 Å². The Morgan fingerprint density at radius 2 is 1.86 bits per heavy atom. The van der Waals surface area contributed by atoms with E-state index in [1.165, 1.54) is 0 Å². The van der Waals surface area contributed by atoms with Crippen molar-refractivity contribution in [2.45, 2.75) is 42.8 Å². The Bertz CT molecular complexity index is 594. The second-order valence-corrected chi connectivity index (χ2v) is 7.11. The number of alkyl halides is 3. The first-order chi connectivity index (χ1) is 10.2. The summed E-state index contributed by atoms with van der Waals surface area (Å²) in [6, 6.07) is 1.28. The Morgan fingerprint density at radius 1 is 1.23 bits per heavy atom. The molecule has 2 rings (SSSR count). The summed E-state index contributed by atoms with van der Waals surface area (Å²) in [7, 11) is -3.89. The quantitative estimate of drug-likeness (QED) is 0.879. The van der Waals surface area contributed by atoms with Crippen LogP contribution < -0.4 is 4.72 Å². The molecule has 124 valence electrons. The number of rotatable bonds is 4. The molecule has 0 spiro atoms. The molecule has 1 aliphatic rings. The number of halogens is 3. The van der Waals surface area contributed by atoms with E-state index in [9.17, 15) is 21.6 Å². The number of nitrogens with zero attached hydrogens (tertiary/aromatic N) is 1. The van der Waals surface area contributed by atoms with Crippen molar-refractivity contribution in [3.8, 4) is 0 Å². The lowest BCUT2D eigenvalue weighted by molar-refractivity contribution is -0.141. The molecule has 2 N–H and O–H groups in total. The van der Waals surface area contributed by atoms with Crippen molar-refractivity contribution in [1.29, 1.82) is 0 Å². The fourth-order valence-corrected chi connectivity index (χ4v) is 3.71. The van der Waals surface area contributed by atoms with Gasteiger partial charge in [-0.05, 0) is 43.7 Å². The van der Waals surface area contributed by atoms with E-state index < -0.39 is 21.9 Å². The highest BCUT2D eigenvalue weighted by atomic mass is 32.2. The highest BCUT2D eigenvalue weighted by molar-refractivity contribution is 7.89. The standard InChI is InChI=1S/C13H17F3N2O3S/c14-13(15,16)12-6-5-11(7-17-12)22(20,21)18-10-3-1-9(8-19)2-4-10/h5-7,9-10,18-19H,1-4,8H2. The van der Waals surface area contributed by atoms with Crippen LogP contribution in [0.2, 0.25) is 0 Å². The summed E-state index contributed by atoms with van der Waals surface area (Å²) < 4.78 is 64.0. The van der Waals surface area contributed by atoms with Crippen molar-refractivity contribution >= 4 is 10.0 Å². The van der Waals surface area contributed by atoms with Crippen LogP contribution in [0.4, 0.5) is 13.2 Å². The molecule has 1 aliphatic carbocycles. The molecular weight excluding hydrogens is 321 g/mol. The average molecular weight is 338 g/mol. The molecule has 22 heavy (non-hydrogen) atoms. The van der Waals surface area contributed by atoms with Gasteiger partial charge in [0.1, 0.15) is 10.6 Å². The fraction of sp³-hybridized carbons (Fsp3) is 0.615. The molecule has 0 bridgehead atoms. The highest BCUT2D eigenvalue weighted by Gasteiger charge is 2.33. The third-order valence-electron chi connectivity index (χ3n) is 3.76. The number of hydrogen-bond donors (Lipinski definition) is 2. The summed E-state index contributed by atoms with van der Waals surface area (Å²) in [6.07, 6.45) is -1.26. The monoisotopic (exact) mass is 338 g/mol. The predicted octanol–water partition coefficient (Wildman–Crippen LogP) is 1.93. The van der Waals surface area contributed by atoms with Gasteiger partial charge in [0.05, 0.1) is 0 Å². The van der Waals surface area contributed by atoms with Crippen molar-refractivity contribution in [3.05, 3.63) is 24.0 Å². The number of hydrogen-bond acceptors (Lipinski definition) is 4. The van der Waals surface area contributed by atoms with E-state index in [0.29, 0.717) is 25.1 Å². The van der Waals surface area contributed by atoms with Crippen LogP contribution in [0.3, 0.4) is 0 Å². The maximum Gasteiger partial charge on any atom is 0.433 e. The third-order valence-corrected chi connectivity index (χ3v) is 5.27. The normalized spacial score (nSPS) is 23.5. The lowest BCUT2D eigenvalue weighted by Gasteiger charge is -2.27. The molecule has 1 aromatic heterocycles. The molecular formula is C13H17F3N2O3S. The smallest absolute Gasteiger partial charge is 0.396 e. The highest BCUT2D eigenvalue weighted by Crippen LogP contribution is 2.28. The van der Waals surface area contributed by atoms with Crippen LogP contribution >= 0.6 is 0 Å². The summed E-state index contributed by atoms with van der Waals surface area (Å²) in [5.41, 5.74) is -1.13. The van der Waals surface area contributed by atoms with E-state index in [1.54, 1.807) is 0 Å². The van der Waals surface area contributed by atoms with Crippen molar-refractivity contribution in [2.24, 2.45) is 5.92 Å². The van der Waals surface area contributed by atoms with Gasteiger partial charge >= 0.3 is 6.18 Å². The van der Waals surface area contributed by atoms with Crippen LogP contribution in [0.5, 0.6) is 0 Å². The minimum Gasteiger partial charge on any atom is -0.396 e. The molecule has 0 amide bonds. The molecule has 1 saturated carbocycles. The molecule has 1 aromatic rings. The minimum atomic E-state index is -4.60. The SMILES string of the molecule is O=S(=O)(NC1CCC(CO)CC1)c1ccc(C(F)(F)F)nc1. The second kappa shape index (κ2) is 6.51. The van der Waals surface area contributed by atoms with Crippen LogP contribution in [-0.4, -0.2) is 31.2 Å². The van der Waals surface area contributed by atoms with Gasteiger partial charge < -0.3 is 5.11 Å². The van der Waals surface area contributed by atoms with E-state index >= 15 is 0 Å². The molecule has 5 nitrogen and oxygen atoms in total. The van der Waals surface area contributed by atoms with Crippen molar-refractivity contribution in [1.82, 2.24) is 9.71 Å². The summed E-state index contributed by atoms with van der Waals surface area (Å²) >= 11 is 0. The fourth-order valence-electron chi connectivity index (χ4n) is 2.46. The van der Waals surface area contributed by atoms with Gasteiger partial charge in [0.2, 0.25) is 10.0 Å². The third kappa shape index (κ3) is 4.17. The average Bonchev–Trinajstić information content (AvgIpc) is 2.47. The van der Waals surface area contributed by atoms with Gasteiger partial charge in [0, 0.05) is 18.8 Å². The lowest BCUT2D eigenvalue weighted by Crippen LogP contribution is -2.38. The zero-order chi connectivity index (χ0) is 16.4. The Morgan fingerprint density at radius 3 is 2.32 bits per heavy atom. The Labute approximate surface area is 126 Å². The molecule has 0 aliphatic heterocycles. The van der Waals surface area contributed by atoms with Gasteiger partial charge in [-0.2, -0.15) is 13.2 Å². The first kappa shape index (κ1) is 17.2. The number of nitrogens with one attached hydrogen (secondary N) is 1. The molecule has 0 unspecified atom stereocenters. The number of aliphatic hydroxyl groups is 1. The largest absolute Gasteiger partial charge is 0.433 e. The van der Waals surface area contributed by atoms with Crippen LogP contribution in [0.1, 0.15) is 31.4 Å². The van der Waals surface area contributed by atoms with Gasteiger partial charge in [-0.15, -0.1) is 0 Å². The molecule has 0 atom stereocenters. The number of pyridine rings is 1. The molecule has 0 aromatic carbocycles. The van der Waals surface area contributed by atoms with Crippen molar-refractivity contribution in [2.75, 3.05) is 6.61 Å². The molecule has 0 saturated heterocycles. The van der Waals surface area contributed by atoms with Gasteiger partial charge in [0.15, 0.2) is 0 Å². The van der Waals surface area contributed by atoms with Crippen molar-refractivity contribution in [3.63, 3.8) is 0 Å². The zero-order valence-corrected chi connectivity index (χ0v) is 12.5. The first-order valence-corrected chi connectivity index (χ1v) is 8.37. The summed E-state index contributed by atoms with van der Waals surface area (Å²) in [6.45, 7) is 0.0856. The van der Waals surface area contributed by atoms with Gasteiger partial charge in [0.25, 0.3) is 0 Å². The van der Waals surface area contributed by atoms with E-state index in [1.807, 2.05) is 0 Å². The summed E-state index contributed by atoms with van der Waals surface area (Å²) in [5.74, 6) is 0.188. The van der Waals surface area contributed by atoms with Crippen LogP contribution in [0.15, 0.2) is 23.2 Å². The Balaban J connectivity index is 2.04. The first-order valence-electron chi connectivity index (χ1n) is 6.89. The predicted molar refractivity (Wildman–Crippen MR) is 72.4 cm³/mol. The maximum absolute atomic E-state index is 12.4. The number of sulfonamides is 1.